The van der Waals surface area contributed by atoms with Crippen molar-refractivity contribution >= 4 is 11.6 Å². The lowest BCUT2D eigenvalue weighted by atomic mass is 9.66. The van der Waals surface area contributed by atoms with Crippen molar-refractivity contribution in [3.63, 3.8) is 0 Å². The molecule has 2 fully saturated rings. The van der Waals surface area contributed by atoms with Crippen molar-refractivity contribution in [2.24, 2.45) is 11.7 Å². The number of amides is 1. The van der Waals surface area contributed by atoms with Crippen LogP contribution in [-0.4, -0.2) is 33.7 Å². The molecule has 4 rings (SSSR count). The molecule has 2 aliphatic rings. The summed E-state index contributed by atoms with van der Waals surface area (Å²) in [7, 11) is 0. The quantitative estimate of drug-likeness (QED) is 0.888. The van der Waals surface area contributed by atoms with E-state index in [0.717, 1.165) is 48.4 Å². The predicted octanol–water partition coefficient (Wildman–Crippen LogP) is 2.71. The summed E-state index contributed by atoms with van der Waals surface area (Å²) in [6.07, 6.45) is 5.16. The van der Waals surface area contributed by atoms with E-state index in [-0.39, 0.29) is 23.5 Å². The number of benzene rings is 1. The van der Waals surface area contributed by atoms with Gasteiger partial charge in [0.2, 0.25) is 5.91 Å². The van der Waals surface area contributed by atoms with Gasteiger partial charge in [-0.2, -0.15) is 0 Å². The van der Waals surface area contributed by atoms with Crippen LogP contribution in [0, 0.1) is 19.8 Å². The molecular weight excluding hydrogens is 328 g/mol. The van der Waals surface area contributed by atoms with Crippen molar-refractivity contribution in [1.29, 1.82) is 0 Å². The van der Waals surface area contributed by atoms with Crippen LogP contribution < -0.4 is 11.1 Å². The molecule has 1 aromatic heterocycles. The second-order valence-electron chi connectivity index (χ2n) is 7.71. The summed E-state index contributed by atoms with van der Waals surface area (Å²) in [5.41, 5.74) is 9.89. The highest BCUT2D eigenvalue weighted by Gasteiger charge is 2.50. The molecule has 1 amide bonds. The monoisotopic (exact) mass is 354 g/mol. The van der Waals surface area contributed by atoms with Crippen molar-refractivity contribution in [2.75, 3.05) is 11.9 Å². The summed E-state index contributed by atoms with van der Waals surface area (Å²) in [4.78, 5) is 16.8. The molecule has 0 radical (unpaired) electrons. The van der Waals surface area contributed by atoms with Gasteiger partial charge in [0.05, 0.1) is 17.6 Å². The number of hydrogen-bond donors (Lipinski definition) is 2. The highest BCUT2D eigenvalue weighted by molar-refractivity contribution is 5.93. The van der Waals surface area contributed by atoms with Gasteiger partial charge in [0.25, 0.3) is 0 Å². The number of nitrogens with two attached hydrogens (primary N) is 1. The van der Waals surface area contributed by atoms with Crippen molar-refractivity contribution in [2.45, 2.75) is 51.2 Å². The number of carbonyl (C=O) groups is 1. The van der Waals surface area contributed by atoms with Crippen LogP contribution in [0.1, 0.15) is 37.1 Å². The number of nitrogens with one attached hydrogen (secondary N) is 1. The zero-order valence-corrected chi connectivity index (χ0v) is 15.4. The average Bonchev–Trinajstić information content (AvgIpc) is 2.92. The van der Waals surface area contributed by atoms with Crippen molar-refractivity contribution in [1.82, 2.24) is 9.55 Å². The molecular formula is C20H26N4O2. The predicted molar refractivity (Wildman–Crippen MR) is 100 cm³/mol. The van der Waals surface area contributed by atoms with Gasteiger partial charge in [-0.1, -0.05) is 0 Å². The van der Waals surface area contributed by atoms with E-state index < -0.39 is 0 Å². The first kappa shape index (κ1) is 17.2. The fourth-order valence-electron chi connectivity index (χ4n) is 4.08. The minimum Gasteiger partial charge on any atom is -0.375 e. The first-order chi connectivity index (χ1) is 12.5. The Bertz CT molecular complexity index is 806. The Morgan fingerprint density at radius 3 is 2.62 bits per heavy atom. The molecule has 1 unspecified atom stereocenters. The van der Waals surface area contributed by atoms with Crippen LogP contribution in [0.2, 0.25) is 0 Å². The van der Waals surface area contributed by atoms with Crippen molar-refractivity contribution < 1.29 is 9.53 Å². The maximum atomic E-state index is 12.5. The van der Waals surface area contributed by atoms with E-state index in [4.69, 9.17) is 10.5 Å². The fourth-order valence-corrected chi connectivity index (χ4v) is 4.08. The summed E-state index contributed by atoms with van der Waals surface area (Å²) >= 11 is 0. The van der Waals surface area contributed by atoms with Gasteiger partial charge < -0.3 is 20.4 Å². The first-order valence-corrected chi connectivity index (χ1v) is 9.27. The van der Waals surface area contributed by atoms with E-state index in [9.17, 15) is 4.79 Å². The van der Waals surface area contributed by atoms with E-state index in [0.29, 0.717) is 6.61 Å². The molecule has 6 heteroatoms. The normalized spacial score (nSPS) is 28.0. The van der Waals surface area contributed by atoms with Gasteiger partial charge in [0.15, 0.2) is 0 Å². The van der Waals surface area contributed by atoms with Gasteiger partial charge in [-0.05, 0) is 63.8 Å². The van der Waals surface area contributed by atoms with Crippen LogP contribution in [0.15, 0.2) is 30.6 Å². The zero-order valence-electron chi connectivity index (χ0n) is 15.4. The number of nitrogens with zero attached hydrogens (tertiary/aromatic N) is 2. The van der Waals surface area contributed by atoms with E-state index in [1.54, 1.807) is 0 Å². The molecule has 1 atom stereocenters. The van der Waals surface area contributed by atoms with Crippen molar-refractivity contribution in [3.05, 3.63) is 42.0 Å². The molecule has 1 aliphatic carbocycles. The molecule has 0 bridgehead atoms. The lowest BCUT2D eigenvalue weighted by Crippen LogP contribution is -2.55. The van der Waals surface area contributed by atoms with Crippen molar-refractivity contribution in [3.8, 4) is 5.69 Å². The molecule has 1 saturated carbocycles. The maximum absolute atomic E-state index is 12.5. The molecule has 1 saturated heterocycles. The molecule has 138 valence electrons. The van der Waals surface area contributed by atoms with Crippen LogP contribution >= 0.6 is 0 Å². The molecule has 1 spiro atoms. The second-order valence-corrected chi connectivity index (χ2v) is 7.71. The fraction of sp³-hybridized carbons (Fsp3) is 0.500. The van der Waals surface area contributed by atoms with Gasteiger partial charge in [-0.3, -0.25) is 4.79 Å². The number of rotatable bonds is 3. The van der Waals surface area contributed by atoms with E-state index in [1.807, 2.05) is 49.0 Å². The third-order valence-electron chi connectivity index (χ3n) is 5.80. The lowest BCUT2D eigenvalue weighted by Gasteiger charge is -2.50. The molecule has 1 aromatic carbocycles. The highest BCUT2D eigenvalue weighted by atomic mass is 16.5. The number of carbonyl (C=O) groups excluding carboxylic acids is 1. The standard InChI is InChI=1S/C20H26N4O2/c1-13-14(2)24(12-22-13)18-5-3-17(4-6-18)23-19(25)15-9-20(10-15)11-16(21)7-8-26-20/h3-6,12,15-16H,7-11,21H2,1-2H3,(H,23,25). The van der Waals surface area contributed by atoms with Crippen LogP contribution in [0.4, 0.5) is 5.69 Å². The van der Waals surface area contributed by atoms with Gasteiger partial charge in [-0.25, -0.2) is 4.98 Å². The smallest absolute Gasteiger partial charge is 0.227 e. The minimum atomic E-state index is -0.152. The maximum Gasteiger partial charge on any atom is 0.227 e. The topological polar surface area (TPSA) is 82.2 Å². The molecule has 3 N–H and O–H groups in total. The number of aryl methyl sites for hydroxylation is 1. The van der Waals surface area contributed by atoms with Crippen LogP contribution in [0.3, 0.4) is 0 Å². The SMILES string of the molecule is Cc1ncn(-c2ccc(NC(=O)C3CC4(CC(N)CCO4)C3)cc2)c1C. The zero-order chi connectivity index (χ0) is 18.3. The summed E-state index contributed by atoms with van der Waals surface area (Å²) in [5.74, 6) is 0.0827. The van der Waals surface area contributed by atoms with Gasteiger partial charge in [0, 0.05) is 35.6 Å². The molecule has 26 heavy (non-hydrogen) atoms. The van der Waals surface area contributed by atoms with E-state index in [1.165, 1.54) is 0 Å². The number of ether oxygens (including phenoxy) is 1. The second kappa shape index (κ2) is 6.52. The Labute approximate surface area is 153 Å². The Kier molecular flexibility index (Phi) is 4.32. The molecule has 6 nitrogen and oxygen atoms in total. The minimum absolute atomic E-state index is 0.0125. The third kappa shape index (κ3) is 3.15. The van der Waals surface area contributed by atoms with Gasteiger partial charge in [-0.15, -0.1) is 0 Å². The summed E-state index contributed by atoms with van der Waals surface area (Å²) < 4.78 is 7.95. The number of anilines is 1. The van der Waals surface area contributed by atoms with Crippen LogP contribution in [-0.2, 0) is 9.53 Å². The Morgan fingerprint density at radius 2 is 2.00 bits per heavy atom. The largest absolute Gasteiger partial charge is 0.375 e. The third-order valence-corrected chi connectivity index (χ3v) is 5.80. The summed E-state index contributed by atoms with van der Waals surface area (Å²) in [6, 6.07) is 8.06. The Morgan fingerprint density at radius 1 is 1.27 bits per heavy atom. The molecule has 1 aliphatic heterocycles. The first-order valence-electron chi connectivity index (χ1n) is 9.27. The molecule has 2 heterocycles. The van der Waals surface area contributed by atoms with Gasteiger partial charge in [0.1, 0.15) is 0 Å². The number of imidazole rings is 1. The van der Waals surface area contributed by atoms with E-state index >= 15 is 0 Å². The number of aromatic nitrogens is 2. The lowest BCUT2D eigenvalue weighted by molar-refractivity contribution is -0.166. The van der Waals surface area contributed by atoms with Crippen LogP contribution in [0.5, 0.6) is 0 Å². The van der Waals surface area contributed by atoms with Gasteiger partial charge >= 0.3 is 0 Å². The number of hydrogen-bond acceptors (Lipinski definition) is 4. The van der Waals surface area contributed by atoms with E-state index in [2.05, 4.69) is 10.3 Å². The Balaban J connectivity index is 1.36. The molecule has 2 aromatic rings. The highest BCUT2D eigenvalue weighted by Crippen LogP contribution is 2.46. The average molecular weight is 354 g/mol. The summed E-state index contributed by atoms with van der Waals surface area (Å²) in [6.45, 7) is 4.75. The summed E-state index contributed by atoms with van der Waals surface area (Å²) in [5, 5.41) is 3.02. The Hall–Kier alpha value is -2.18. The van der Waals surface area contributed by atoms with Crippen LogP contribution in [0.25, 0.3) is 5.69 Å².